The molecule has 0 aliphatic carbocycles. The first-order chi connectivity index (χ1) is 15.0. The van der Waals surface area contributed by atoms with Crippen molar-refractivity contribution in [2.45, 2.75) is 25.3 Å². The summed E-state index contributed by atoms with van der Waals surface area (Å²) in [6.07, 6.45) is 1.67. The second kappa shape index (κ2) is 9.37. The van der Waals surface area contributed by atoms with Crippen LogP contribution in [0.5, 0.6) is 5.75 Å². The first kappa shape index (κ1) is 21.8. The van der Waals surface area contributed by atoms with Gasteiger partial charge < -0.3 is 14.4 Å². The van der Waals surface area contributed by atoms with E-state index >= 15 is 0 Å². The van der Waals surface area contributed by atoms with Crippen LogP contribution in [0.1, 0.15) is 30.0 Å². The minimum absolute atomic E-state index is 0.119. The molecule has 166 valence electrons. The molecule has 2 fully saturated rings. The number of hydrogen-bond donors (Lipinski definition) is 0. The number of rotatable bonds is 5. The fourth-order valence-electron chi connectivity index (χ4n) is 4.81. The first-order valence-electron chi connectivity index (χ1n) is 11.0. The zero-order valence-corrected chi connectivity index (χ0v) is 18.4. The van der Waals surface area contributed by atoms with Crippen LogP contribution in [-0.4, -0.2) is 62.7 Å². The summed E-state index contributed by atoms with van der Waals surface area (Å²) >= 11 is 0. The second-order valence-electron chi connectivity index (χ2n) is 8.68. The Morgan fingerprint density at radius 2 is 1.84 bits per heavy atom. The second-order valence-corrected chi connectivity index (χ2v) is 8.68. The molecule has 0 radical (unpaired) electrons. The highest BCUT2D eigenvalue weighted by atomic mass is 19.1. The normalized spacial score (nSPS) is 21.6. The van der Waals surface area contributed by atoms with E-state index in [1.807, 2.05) is 23.1 Å². The summed E-state index contributed by atoms with van der Waals surface area (Å²) in [6.45, 7) is 3.18. The van der Waals surface area contributed by atoms with Crippen molar-refractivity contribution in [3.8, 4) is 5.75 Å². The summed E-state index contributed by atoms with van der Waals surface area (Å²) in [4.78, 5) is 18.2. The lowest BCUT2D eigenvalue weighted by Crippen LogP contribution is -2.55. The number of carbonyl (C=O) groups is 1. The van der Waals surface area contributed by atoms with Crippen LogP contribution in [0.3, 0.4) is 0 Å². The van der Waals surface area contributed by atoms with Crippen molar-refractivity contribution < 1.29 is 18.7 Å². The van der Waals surface area contributed by atoms with Crippen LogP contribution in [0.25, 0.3) is 0 Å². The van der Waals surface area contributed by atoms with E-state index in [9.17, 15) is 9.18 Å². The van der Waals surface area contributed by atoms with Gasteiger partial charge in [-0.15, -0.1) is 0 Å². The number of amides is 1. The Morgan fingerprint density at radius 3 is 2.52 bits per heavy atom. The highest BCUT2D eigenvalue weighted by Gasteiger charge is 2.44. The van der Waals surface area contributed by atoms with Crippen molar-refractivity contribution in [3.05, 3.63) is 65.5 Å². The molecule has 2 aromatic carbocycles. The van der Waals surface area contributed by atoms with Crippen LogP contribution in [0.2, 0.25) is 0 Å². The quantitative estimate of drug-likeness (QED) is 0.731. The third-order valence-corrected chi connectivity index (χ3v) is 6.83. The standard InChI is InChI=1S/C25H31FN2O3/c1-27-13-14-28(18-23(27)19-7-9-21(30-2)10-8-19)24(29)25(11-15-31-16-12-25)17-20-5-3-4-6-22(20)26/h3-10,23H,11-18H2,1-2H3. The molecular formula is C25H31FN2O3. The third kappa shape index (κ3) is 4.60. The molecule has 2 saturated heterocycles. The maximum atomic E-state index is 14.4. The number of nitrogens with zero attached hydrogens (tertiary/aromatic N) is 2. The van der Waals surface area contributed by atoms with E-state index in [2.05, 4.69) is 24.1 Å². The maximum Gasteiger partial charge on any atom is 0.229 e. The minimum atomic E-state index is -0.610. The summed E-state index contributed by atoms with van der Waals surface area (Å²) < 4.78 is 25.3. The molecule has 1 atom stereocenters. The van der Waals surface area contributed by atoms with Crippen LogP contribution in [0, 0.1) is 11.2 Å². The van der Waals surface area contributed by atoms with Crippen molar-refractivity contribution >= 4 is 5.91 Å². The van der Waals surface area contributed by atoms with E-state index in [4.69, 9.17) is 9.47 Å². The summed E-state index contributed by atoms with van der Waals surface area (Å²) in [5, 5.41) is 0. The van der Waals surface area contributed by atoms with E-state index in [1.165, 1.54) is 6.07 Å². The van der Waals surface area contributed by atoms with Crippen LogP contribution in [0.4, 0.5) is 4.39 Å². The van der Waals surface area contributed by atoms with Gasteiger partial charge in [-0.1, -0.05) is 30.3 Å². The Balaban J connectivity index is 1.56. The third-order valence-electron chi connectivity index (χ3n) is 6.83. The monoisotopic (exact) mass is 426 g/mol. The molecule has 2 aliphatic rings. The summed E-state index contributed by atoms with van der Waals surface area (Å²) in [6, 6.07) is 15.0. The minimum Gasteiger partial charge on any atom is -0.497 e. The number of likely N-dealkylation sites (N-methyl/N-ethyl adjacent to an activating group) is 1. The molecule has 0 bridgehead atoms. The molecule has 1 unspecified atom stereocenters. The molecule has 0 saturated carbocycles. The van der Waals surface area contributed by atoms with Gasteiger partial charge >= 0.3 is 0 Å². The smallest absolute Gasteiger partial charge is 0.229 e. The average Bonchev–Trinajstić information content (AvgIpc) is 2.81. The number of ether oxygens (including phenoxy) is 2. The van der Waals surface area contributed by atoms with Gasteiger partial charge in [-0.05, 0) is 55.6 Å². The first-order valence-corrected chi connectivity index (χ1v) is 11.0. The lowest BCUT2D eigenvalue weighted by atomic mass is 9.73. The van der Waals surface area contributed by atoms with Crippen molar-refractivity contribution in [1.29, 1.82) is 0 Å². The van der Waals surface area contributed by atoms with Crippen molar-refractivity contribution in [2.24, 2.45) is 5.41 Å². The maximum absolute atomic E-state index is 14.4. The van der Waals surface area contributed by atoms with Gasteiger partial charge in [-0.3, -0.25) is 9.69 Å². The Morgan fingerprint density at radius 1 is 1.13 bits per heavy atom. The molecule has 31 heavy (non-hydrogen) atoms. The van der Waals surface area contributed by atoms with Gasteiger partial charge in [0.05, 0.1) is 18.6 Å². The molecule has 4 rings (SSSR count). The van der Waals surface area contributed by atoms with Crippen LogP contribution in [0.15, 0.2) is 48.5 Å². The number of methoxy groups -OCH3 is 1. The topological polar surface area (TPSA) is 42.0 Å². The van der Waals surface area contributed by atoms with Crippen molar-refractivity contribution in [1.82, 2.24) is 9.80 Å². The Labute approximate surface area is 183 Å². The summed E-state index contributed by atoms with van der Waals surface area (Å²) in [7, 11) is 3.76. The fourth-order valence-corrected chi connectivity index (χ4v) is 4.81. The van der Waals surface area contributed by atoms with Gasteiger partial charge in [0, 0.05) is 32.8 Å². The van der Waals surface area contributed by atoms with Crippen LogP contribution in [-0.2, 0) is 16.0 Å². The molecule has 6 heteroatoms. The number of piperazine rings is 1. The molecule has 5 nitrogen and oxygen atoms in total. The molecule has 2 heterocycles. The lowest BCUT2D eigenvalue weighted by Gasteiger charge is -2.45. The van der Waals surface area contributed by atoms with E-state index in [-0.39, 0.29) is 17.8 Å². The summed E-state index contributed by atoms with van der Waals surface area (Å²) in [5.74, 6) is 0.711. The van der Waals surface area contributed by atoms with E-state index in [0.717, 1.165) is 17.9 Å². The van der Waals surface area contributed by atoms with Gasteiger partial charge in [-0.25, -0.2) is 4.39 Å². The lowest BCUT2D eigenvalue weighted by molar-refractivity contribution is -0.151. The highest BCUT2D eigenvalue weighted by Crippen LogP contribution is 2.38. The van der Waals surface area contributed by atoms with Gasteiger partial charge in [0.1, 0.15) is 11.6 Å². The summed E-state index contributed by atoms with van der Waals surface area (Å²) in [5.41, 5.74) is 1.16. The largest absolute Gasteiger partial charge is 0.497 e. The fraction of sp³-hybridized carbons (Fsp3) is 0.480. The average molecular weight is 427 g/mol. The SMILES string of the molecule is COc1ccc(C2CN(C(=O)C3(Cc4ccccc4F)CCOCC3)CCN2C)cc1. The highest BCUT2D eigenvalue weighted by molar-refractivity contribution is 5.83. The predicted octanol–water partition coefficient (Wildman–Crippen LogP) is 3.69. The number of hydrogen-bond acceptors (Lipinski definition) is 4. The van der Waals surface area contributed by atoms with E-state index in [1.54, 1.807) is 19.2 Å². The Hall–Kier alpha value is -2.44. The van der Waals surface area contributed by atoms with Gasteiger partial charge in [0.2, 0.25) is 5.91 Å². The molecule has 2 aliphatic heterocycles. The number of halogens is 1. The zero-order chi connectivity index (χ0) is 21.8. The Kier molecular flexibility index (Phi) is 6.58. The van der Waals surface area contributed by atoms with Crippen LogP contribution >= 0.6 is 0 Å². The number of carbonyl (C=O) groups excluding carboxylic acids is 1. The zero-order valence-electron chi connectivity index (χ0n) is 18.4. The molecular weight excluding hydrogens is 395 g/mol. The van der Waals surface area contributed by atoms with E-state index in [0.29, 0.717) is 51.1 Å². The Bertz CT molecular complexity index is 896. The van der Waals surface area contributed by atoms with Gasteiger partial charge in [-0.2, -0.15) is 0 Å². The van der Waals surface area contributed by atoms with E-state index < -0.39 is 5.41 Å². The van der Waals surface area contributed by atoms with Crippen LogP contribution < -0.4 is 4.74 Å². The molecule has 1 amide bonds. The number of benzene rings is 2. The van der Waals surface area contributed by atoms with Crippen molar-refractivity contribution in [3.63, 3.8) is 0 Å². The van der Waals surface area contributed by atoms with Gasteiger partial charge in [0.25, 0.3) is 0 Å². The molecule has 0 spiro atoms. The molecule has 0 aromatic heterocycles. The predicted molar refractivity (Wildman–Crippen MR) is 118 cm³/mol. The van der Waals surface area contributed by atoms with Crippen molar-refractivity contribution in [2.75, 3.05) is 47.0 Å². The van der Waals surface area contributed by atoms with Gasteiger partial charge in [0.15, 0.2) is 0 Å². The molecule has 0 N–H and O–H groups in total. The molecule has 2 aromatic rings.